The van der Waals surface area contributed by atoms with E-state index in [1.165, 1.54) is 25.9 Å². The lowest BCUT2D eigenvalue weighted by molar-refractivity contribution is -0.146. The number of aliphatic hydroxyl groups excluding tert-OH is 1. The fraction of sp³-hybridized carbons (Fsp3) is 0.409. The number of pyridine rings is 1. The summed E-state index contributed by atoms with van der Waals surface area (Å²) in [5.74, 6) is -2.02. The van der Waals surface area contributed by atoms with Gasteiger partial charge < -0.3 is 20.9 Å². The van der Waals surface area contributed by atoms with E-state index in [9.17, 15) is 40.6 Å². The van der Waals surface area contributed by atoms with E-state index in [2.05, 4.69) is 15.3 Å². The molecule has 0 saturated carbocycles. The largest absolute Gasteiger partial charge is 0.433 e. The molecule has 2 heterocycles. The van der Waals surface area contributed by atoms with Crippen molar-refractivity contribution in [3.8, 4) is 5.75 Å². The van der Waals surface area contributed by atoms with Gasteiger partial charge in [-0.1, -0.05) is 0 Å². The van der Waals surface area contributed by atoms with Crippen LogP contribution in [-0.2, 0) is 12.4 Å². The predicted octanol–water partition coefficient (Wildman–Crippen LogP) is 3.49. The third kappa shape index (κ3) is 7.44. The number of nitrogens with two attached hydrogens (primary N) is 1. The quantitative estimate of drug-likeness (QED) is 0.269. The molecule has 16 heteroatoms. The molecule has 0 aliphatic carbocycles. The Labute approximate surface area is 212 Å². The lowest BCUT2D eigenvalue weighted by atomic mass is 10.1. The van der Waals surface area contributed by atoms with E-state index in [0.29, 0.717) is 11.1 Å². The lowest BCUT2D eigenvalue weighted by Crippen LogP contribution is -2.40. The molecule has 0 fully saturated rings. The van der Waals surface area contributed by atoms with Crippen LogP contribution in [0.1, 0.15) is 23.9 Å². The van der Waals surface area contributed by atoms with E-state index < -0.39 is 64.8 Å². The van der Waals surface area contributed by atoms with E-state index in [1.807, 2.05) is 0 Å². The van der Waals surface area contributed by atoms with Gasteiger partial charge in [0.25, 0.3) is 0 Å². The minimum atomic E-state index is -5.42. The van der Waals surface area contributed by atoms with Crippen LogP contribution >= 0.6 is 0 Å². The Morgan fingerprint density at radius 3 is 2.37 bits per heavy atom. The van der Waals surface area contributed by atoms with Gasteiger partial charge in [-0.05, 0) is 39.2 Å². The third-order valence-electron chi connectivity index (χ3n) is 5.12. The number of hydrogen-bond donors (Lipinski definition) is 3. The maximum Gasteiger partial charge on any atom is 0.433 e. The van der Waals surface area contributed by atoms with Gasteiger partial charge in [0, 0.05) is 25.0 Å². The van der Waals surface area contributed by atoms with Crippen LogP contribution < -0.4 is 15.8 Å². The first-order chi connectivity index (χ1) is 17.5. The highest BCUT2D eigenvalue weighted by Crippen LogP contribution is 2.43. The number of likely N-dealkylation sites (N-methyl/N-ethyl adjacent to an activating group) is 1. The Bertz CT molecular complexity index is 1160. The molecule has 1 amide bonds. The van der Waals surface area contributed by atoms with Crippen molar-refractivity contribution in [2.24, 2.45) is 10.7 Å². The molecule has 0 spiro atoms. The summed E-state index contributed by atoms with van der Waals surface area (Å²) >= 11 is 0. The first kappa shape index (κ1) is 30.6. The number of ether oxygens (including phenoxy) is 1. The molecule has 1 aliphatic heterocycles. The van der Waals surface area contributed by atoms with Crippen LogP contribution in [0.4, 0.5) is 35.5 Å². The Hall–Kier alpha value is -3.66. The molecule has 2 rings (SSSR count). The molecule has 0 aromatic carbocycles. The second-order valence-electron chi connectivity index (χ2n) is 8.19. The van der Waals surface area contributed by atoms with Crippen LogP contribution in [0.25, 0.3) is 5.57 Å². The van der Waals surface area contributed by atoms with Crippen LogP contribution in [0.2, 0.25) is 0 Å². The summed E-state index contributed by atoms with van der Waals surface area (Å²) in [4.78, 5) is 21.8. The van der Waals surface area contributed by atoms with Gasteiger partial charge in [-0.15, -0.1) is 0 Å². The second-order valence-corrected chi connectivity index (χ2v) is 8.19. The number of amides is 1. The van der Waals surface area contributed by atoms with Crippen molar-refractivity contribution >= 4 is 17.9 Å². The van der Waals surface area contributed by atoms with Gasteiger partial charge in [-0.25, -0.2) is 14.2 Å². The number of aliphatic imine (C=N–C) groups is 1. The summed E-state index contributed by atoms with van der Waals surface area (Å²) in [6.07, 6.45) is -9.79. The average molecular weight is 554 g/mol. The van der Waals surface area contributed by atoms with Crippen LogP contribution in [0.3, 0.4) is 0 Å². The number of carbonyl (C=O) groups excluding carboxylic acids is 1. The standard InChI is InChI=1S/C22H25F7N6O3/c1-11-14(23)5-6-16(32-11)35(4)20(37)38-19-13(21(24,25)26)7-15(22(27,28)29)33-18(19)12(8-30)9-31-10-17(36)34(2)3/h5-9,11,17,32,36H,10,30H2,1-4H3/b12-8+,31-9?. The summed E-state index contributed by atoms with van der Waals surface area (Å²) in [5, 5.41) is 12.4. The molecular formula is C22H25F7N6O3. The number of aromatic nitrogens is 1. The molecule has 0 bridgehead atoms. The van der Waals surface area contributed by atoms with Gasteiger partial charge in [0.15, 0.2) is 5.75 Å². The number of nitrogens with zero attached hydrogens (tertiary/aromatic N) is 4. The van der Waals surface area contributed by atoms with Gasteiger partial charge in [0.1, 0.15) is 34.8 Å². The predicted molar refractivity (Wildman–Crippen MR) is 123 cm³/mol. The molecular weight excluding hydrogens is 529 g/mol. The average Bonchev–Trinajstić information content (AvgIpc) is 2.81. The highest BCUT2D eigenvalue weighted by atomic mass is 19.4. The molecule has 0 saturated heterocycles. The topological polar surface area (TPSA) is 116 Å². The third-order valence-corrected chi connectivity index (χ3v) is 5.12. The number of nitrogens with one attached hydrogen (secondary N) is 1. The van der Waals surface area contributed by atoms with Gasteiger partial charge in [0.05, 0.1) is 12.6 Å². The van der Waals surface area contributed by atoms with E-state index in [1.54, 1.807) is 0 Å². The number of aliphatic hydroxyl groups is 1. The molecule has 1 aromatic heterocycles. The number of dihydropyridines is 1. The number of alkyl halides is 6. The Morgan fingerprint density at radius 2 is 1.87 bits per heavy atom. The van der Waals surface area contributed by atoms with Crippen molar-refractivity contribution in [2.75, 3.05) is 27.7 Å². The van der Waals surface area contributed by atoms with E-state index in [0.717, 1.165) is 25.4 Å². The minimum absolute atomic E-state index is 0.0623. The monoisotopic (exact) mass is 554 g/mol. The zero-order chi connectivity index (χ0) is 29.0. The normalized spacial score (nSPS) is 17.7. The SMILES string of the molecule is CC1NC(N(C)C(=O)Oc2c(C(F)(F)F)cc(C(F)(F)F)nc2/C(C=NCC(O)N(C)C)=C/N)=CC=C1F. The van der Waals surface area contributed by atoms with E-state index >= 15 is 0 Å². The van der Waals surface area contributed by atoms with Crippen molar-refractivity contribution in [3.05, 3.63) is 53.0 Å². The van der Waals surface area contributed by atoms with Crippen LogP contribution in [0.15, 0.2) is 41.1 Å². The van der Waals surface area contributed by atoms with E-state index in [4.69, 9.17) is 10.5 Å². The Kier molecular flexibility index (Phi) is 9.50. The fourth-order valence-corrected chi connectivity index (χ4v) is 2.88. The van der Waals surface area contributed by atoms with Gasteiger partial charge in [0.2, 0.25) is 0 Å². The van der Waals surface area contributed by atoms with Crippen molar-refractivity contribution in [2.45, 2.75) is 31.5 Å². The molecule has 2 unspecified atom stereocenters. The molecule has 1 aliphatic rings. The summed E-state index contributed by atoms with van der Waals surface area (Å²) in [6.45, 7) is 1.08. The van der Waals surface area contributed by atoms with Gasteiger partial charge in [-0.3, -0.25) is 14.8 Å². The number of halogens is 7. The maximum absolute atomic E-state index is 13.9. The van der Waals surface area contributed by atoms with Crippen molar-refractivity contribution in [1.82, 2.24) is 20.1 Å². The zero-order valence-corrected chi connectivity index (χ0v) is 20.5. The van der Waals surface area contributed by atoms with Crippen LogP contribution in [0.5, 0.6) is 5.75 Å². The van der Waals surface area contributed by atoms with Crippen molar-refractivity contribution < 1.29 is 45.4 Å². The Balaban J connectivity index is 2.64. The summed E-state index contributed by atoms with van der Waals surface area (Å²) in [5.41, 5.74) is -0.0652. The number of hydrogen-bond acceptors (Lipinski definition) is 8. The molecule has 9 nitrogen and oxygen atoms in total. The smallest absolute Gasteiger partial charge is 0.407 e. The van der Waals surface area contributed by atoms with Gasteiger partial charge >= 0.3 is 18.4 Å². The lowest BCUT2D eigenvalue weighted by Gasteiger charge is -2.27. The number of rotatable bonds is 7. The summed E-state index contributed by atoms with van der Waals surface area (Å²) in [7, 11) is 4.08. The molecule has 210 valence electrons. The molecule has 0 radical (unpaired) electrons. The van der Waals surface area contributed by atoms with E-state index in [-0.39, 0.29) is 18.4 Å². The highest BCUT2D eigenvalue weighted by molar-refractivity contribution is 6.10. The molecule has 2 atom stereocenters. The minimum Gasteiger partial charge on any atom is -0.407 e. The molecule has 4 N–H and O–H groups in total. The first-order valence-electron chi connectivity index (χ1n) is 10.7. The highest BCUT2D eigenvalue weighted by Gasteiger charge is 2.43. The number of allylic oxidation sites excluding steroid dienone is 3. The van der Waals surface area contributed by atoms with Crippen LogP contribution in [-0.4, -0.2) is 72.2 Å². The molecule has 38 heavy (non-hydrogen) atoms. The second kappa shape index (κ2) is 11.8. The molecule has 1 aromatic rings. The fourth-order valence-electron chi connectivity index (χ4n) is 2.88. The summed E-state index contributed by atoms with van der Waals surface area (Å²) in [6, 6.07) is -1.18. The zero-order valence-electron chi connectivity index (χ0n) is 20.5. The van der Waals surface area contributed by atoms with Crippen molar-refractivity contribution in [3.63, 3.8) is 0 Å². The summed E-state index contributed by atoms with van der Waals surface area (Å²) < 4.78 is 101. The van der Waals surface area contributed by atoms with Gasteiger partial charge in [-0.2, -0.15) is 26.3 Å². The number of carbonyl (C=O) groups is 1. The van der Waals surface area contributed by atoms with Crippen LogP contribution in [0, 0.1) is 0 Å². The first-order valence-corrected chi connectivity index (χ1v) is 10.7. The Morgan fingerprint density at radius 1 is 1.24 bits per heavy atom. The maximum atomic E-state index is 13.9. The van der Waals surface area contributed by atoms with Crippen molar-refractivity contribution in [1.29, 1.82) is 0 Å².